The van der Waals surface area contributed by atoms with Crippen molar-refractivity contribution in [1.82, 2.24) is 0 Å². The number of ether oxygens (including phenoxy) is 1. The van der Waals surface area contributed by atoms with Gasteiger partial charge < -0.3 is 4.74 Å². The molecule has 0 aliphatic rings. The molecule has 0 aliphatic carbocycles. The molecule has 1 rings (SSSR count). The SMILES string of the molecule is CC.COCCSC(=O)c1ccccc1. The van der Waals surface area contributed by atoms with Gasteiger partial charge in [-0.3, -0.25) is 4.79 Å². The van der Waals surface area contributed by atoms with E-state index in [9.17, 15) is 4.79 Å². The standard InChI is InChI=1S/C10H12O2S.C2H6/c1-12-7-8-13-10(11)9-5-3-2-4-6-9;1-2/h2-6H,7-8H2,1H3;1-2H3. The Morgan fingerprint density at radius 3 is 2.40 bits per heavy atom. The van der Waals surface area contributed by atoms with Gasteiger partial charge in [-0.1, -0.05) is 55.9 Å². The molecular weight excluding hydrogens is 208 g/mol. The lowest BCUT2D eigenvalue weighted by Gasteiger charge is -1.99. The summed E-state index contributed by atoms with van der Waals surface area (Å²) in [5, 5.41) is 0.109. The zero-order chi connectivity index (χ0) is 11.5. The van der Waals surface area contributed by atoms with E-state index in [2.05, 4.69) is 0 Å². The van der Waals surface area contributed by atoms with Crippen molar-refractivity contribution >= 4 is 16.9 Å². The lowest BCUT2D eigenvalue weighted by molar-refractivity contribution is 0.108. The van der Waals surface area contributed by atoms with E-state index < -0.39 is 0 Å². The molecule has 0 heterocycles. The molecule has 3 heteroatoms. The largest absolute Gasteiger partial charge is 0.384 e. The third kappa shape index (κ3) is 6.31. The maximum absolute atomic E-state index is 11.4. The maximum Gasteiger partial charge on any atom is 0.219 e. The first kappa shape index (κ1) is 14.2. The van der Waals surface area contributed by atoms with Gasteiger partial charge in [0, 0.05) is 18.4 Å². The molecule has 15 heavy (non-hydrogen) atoms. The molecule has 0 aliphatic heterocycles. The minimum absolute atomic E-state index is 0.109. The summed E-state index contributed by atoms with van der Waals surface area (Å²) in [6.07, 6.45) is 0. The van der Waals surface area contributed by atoms with Crippen molar-refractivity contribution in [2.75, 3.05) is 19.5 Å². The van der Waals surface area contributed by atoms with Gasteiger partial charge in [0.05, 0.1) is 6.61 Å². The Hall–Kier alpha value is -0.800. The minimum Gasteiger partial charge on any atom is -0.384 e. The van der Waals surface area contributed by atoms with E-state index in [1.54, 1.807) is 7.11 Å². The lowest BCUT2D eigenvalue weighted by Crippen LogP contribution is -1.98. The summed E-state index contributed by atoms with van der Waals surface area (Å²) in [5.74, 6) is 0.713. The van der Waals surface area contributed by atoms with Crippen LogP contribution in [0.5, 0.6) is 0 Å². The molecule has 0 amide bonds. The molecular formula is C12H18O2S. The molecule has 0 spiro atoms. The third-order valence-corrected chi connectivity index (χ3v) is 2.40. The first-order valence-corrected chi connectivity index (χ1v) is 6.04. The Labute approximate surface area is 96.0 Å². The van der Waals surface area contributed by atoms with E-state index in [-0.39, 0.29) is 5.12 Å². The number of carbonyl (C=O) groups is 1. The number of carbonyl (C=O) groups excluding carboxylic acids is 1. The fourth-order valence-corrected chi connectivity index (χ4v) is 1.61. The number of methoxy groups -OCH3 is 1. The number of hydrogen-bond acceptors (Lipinski definition) is 3. The van der Waals surface area contributed by atoms with E-state index in [1.807, 2.05) is 44.2 Å². The molecule has 1 aromatic rings. The van der Waals surface area contributed by atoms with Gasteiger partial charge in [0.2, 0.25) is 5.12 Å². The normalized spacial score (nSPS) is 9.00. The first-order valence-electron chi connectivity index (χ1n) is 5.05. The highest BCUT2D eigenvalue weighted by Gasteiger charge is 2.03. The van der Waals surface area contributed by atoms with Crippen molar-refractivity contribution in [2.45, 2.75) is 13.8 Å². The third-order valence-electron chi connectivity index (χ3n) is 1.53. The number of rotatable bonds is 4. The van der Waals surface area contributed by atoms with Gasteiger partial charge in [-0.2, -0.15) is 0 Å². The van der Waals surface area contributed by atoms with E-state index in [0.717, 1.165) is 5.56 Å². The lowest BCUT2D eigenvalue weighted by atomic mass is 10.2. The molecule has 84 valence electrons. The van der Waals surface area contributed by atoms with Crippen LogP contribution in [0, 0.1) is 0 Å². The molecule has 2 nitrogen and oxygen atoms in total. The van der Waals surface area contributed by atoms with Crippen molar-refractivity contribution in [3.8, 4) is 0 Å². The second kappa shape index (κ2) is 9.74. The van der Waals surface area contributed by atoms with Crippen molar-refractivity contribution in [3.63, 3.8) is 0 Å². The summed E-state index contributed by atoms with van der Waals surface area (Å²) in [6, 6.07) is 9.27. The van der Waals surface area contributed by atoms with Crippen LogP contribution in [0.25, 0.3) is 0 Å². The smallest absolute Gasteiger partial charge is 0.219 e. The molecule has 0 aromatic heterocycles. The van der Waals surface area contributed by atoms with Crippen LogP contribution in [-0.4, -0.2) is 24.6 Å². The summed E-state index contributed by atoms with van der Waals surface area (Å²) < 4.78 is 4.86. The Bertz CT molecular complexity index is 260. The summed E-state index contributed by atoms with van der Waals surface area (Å²) in [5.41, 5.74) is 0.753. The van der Waals surface area contributed by atoms with E-state index in [1.165, 1.54) is 11.8 Å². The topological polar surface area (TPSA) is 26.3 Å². The summed E-state index contributed by atoms with van der Waals surface area (Å²) in [4.78, 5) is 11.4. The molecule has 0 N–H and O–H groups in total. The fourth-order valence-electron chi connectivity index (χ4n) is 0.875. The van der Waals surface area contributed by atoms with Crippen molar-refractivity contribution < 1.29 is 9.53 Å². The molecule has 1 aromatic carbocycles. The van der Waals surface area contributed by atoms with Crippen molar-refractivity contribution in [2.24, 2.45) is 0 Å². The summed E-state index contributed by atoms with van der Waals surface area (Å²) >= 11 is 1.29. The Morgan fingerprint density at radius 2 is 1.87 bits per heavy atom. The van der Waals surface area contributed by atoms with Gasteiger partial charge in [0.1, 0.15) is 0 Å². The van der Waals surface area contributed by atoms with Gasteiger partial charge in [-0.25, -0.2) is 0 Å². The molecule has 0 saturated carbocycles. The molecule has 0 atom stereocenters. The van der Waals surface area contributed by atoms with E-state index in [4.69, 9.17) is 4.74 Å². The second-order valence-electron chi connectivity index (χ2n) is 2.49. The highest BCUT2D eigenvalue weighted by atomic mass is 32.2. The second-order valence-corrected chi connectivity index (χ2v) is 3.56. The van der Waals surface area contributed by atoms with Crippen molar-refractivity contribution in [1.29, 1.82) is 0 Å². The highest BCUT2D eigenvalue weighted by molar-refractivity contribution is 8.14. The van der Waals surface area contributed by atoms with Crippen LogP contribution in [0.3, 0.4) is 0 Å². The zero-order valence-electron chi connectivity index (χ0n) is 9.53. The quantitative estimate of drug-likeness (QED) is 0.737. The Kier molecular flexibility index (Phi) is 9.22. The van der Waals surface area contributed by atoms with Gasteiger partial charge in [0.25, 0.3) is 0 Å². The number of benzene rings is 1. The molecule has 0 fully saturated rings. The molecule has 0 unspecified atom stereocenters. The van der Waals surface area contributed by atoms with Crippen LogP contribution in [-0.2, 0) is 4.74 Å². The number of thioether (sulfide) groups is 1. The van der Waals surface area contributed by atoms with Crippen LogP contribution in [0.2, 0.25) is 0 Å². The highest BCUT2D eigenvalue weighted by Crippen LogP contribution is 2.11. The van der Waals surface area contributed by atoms with Crippen LogP contribution >= 0.6 is 11.8 Å². The minimum atomic E-state index is 0.109. The van der Waals surface area contributed by atoms with Gasteiger partial charge in [-0.05, 0) is 0 Å². The maximum atomic E-state index is 11.4. The predicted molar refractivity (Wildman–Crippen MR) is 66.5 cm³/mol. The average molecular weight is 226 g/mol. The molecule has 0 saturated heterocycles. The van der Waals surface area contributed by atoms with Crippen LogP contribution in [0.1, 0.15) is 24.2 Å². The van der Waals surface area contributed by atoms with Crippen LogP contribution < -0.4 is 0 Å². The summed E-state index contributed by atoms with van der Waals surface area (Å²) in [7, 11) is 1.63. The van der Waals surface area contributed by atoms with Gasteiger partial charge in [-0.15, -0.1) is 0 Å². The van der Waals surface area contributed by atoms with Crippen LogP contribution in [0.15, 0.2) is 30.3 Å². The monoisotopic (exact) mass is 226 g/mol. The average Bonchev–Trinajstić information content (AvgIpc) is 2.33. The first-order chi connectivity index (χ1) is 7.34. The van der Waals surface area contributed by atoms with Gasteiger partial charge >= 0.3 is 0 Å². The van der Waals surface area contributed by atoms with E-state index in [0.29, 0.717) is 12.4 Å². The van der Waals surface area contributed by atoms with E-state index >= 15 is 0 Å². The summed E-state index contributed by atoms with van der Waals surface area (Å²) in [6.45, 7) is 4.61. The predicted octanol–water partition coefficient (Wildman–Crippen LogP) is 3.23. The van der Waals surface area contributed by atoms with Gasteiger partial charge in [0.15, 0.2) is 0 Å². The Balaban J connectivity index is 0.000000921. The van der Waals surface area contributed by atoms with Crippen LogP contribution in [0.4, 0.5) is 0 Å². The fraction of sp³-hybridized carbons (Fsp3) is 0.417. The zero-order valence-corrected chi connectivity index (χ0v) is 10.3. The Morgan fingerprint density at radius 1 is 1.27 bits per heavy atom. The van der Waals surface area contributed by atoms with Crippen molar-refractivity contribution in [3.05, 3.63) is 35.9 Å². The molecule has 0 radical (unpaired) electrons. The molecule has 0 bridgehead atoms. The number of hydrogen-bond donors (Lipinski definition) is 0.